The molecule has 2 nitrogen and oxygen atoms in total. The maximum atomic E-state index is 4.40. The Morgan fingerprint density at radius 1 is 1.00 bits per heavy atom. The Balaban J connectivity index is 2.22. The summed E-state index contributed by atoms with van der Waals surface area (Å²) in [7, 11) is 0. The zero-order valence-electron chi connectivity index (χ0n) is 7.92. The number of aromatic nitrogens is 2. The van der Waals surface area contributed by atoms with Crippen LogP contribution in [-0.4, -0.2) is 9.97 Å². The zero-order chi connectivity index (χ0) is 10.1. The lowest BCUT2D eigenvalue weighted by molar-refractivity contribution is 1.31. The molecule has 3 heteroatoms. The van der Waals surface area contributed by atoms with Gasteiger partial charge in [-0.15, -0.1) is 11.3 Å². The molecule has 0 fully saturated rings. The van der Waals surface area contributed by atoms with Gasteiger partial charge in [0.25, 0.3) is 0 Å². The van der Waals surface area contributed by atoms with Crippen LogP contribution in [0.5, 0.6) is 0 Å². The molecule has 2 aromatic heterocycles. The zero-order valence-corrected chi connectivity index (χ0v) is 8.74. The molecular formula is C12H8N2S. The number of nitrogens with zero attached hydrogens (tertiary/aromatic N) is 2. The smallest absolute Gasteiger partial charge is 0.141 e. The van der Waals surface area contributed by atoms with E-state index in [4.69, 9.17) is 0 Å². The summed E-state index contributed by atoms with van der Waals surface area (Å²) in [5.41, 5.74) is 0.948. The molecule has 72 valence electrons. The number of rotatable bonds is 1. The molecule has 3 aromatic rings. The minimum absolute atomic E-state index is 0.948. The maximum Gasteiger partial charge on any atom is 0.141 e. The summed E-state index contributed by atoms with van der Waals surface area (Å²) in [4.78, 5) is 8.65. The number of hydrogen-bond donors (Lipinski definition) is 0. The predicted octanol–water partition coefficient (Wildman–Crippen LogP) is 3.36. The van der Waals surface area contributed by atoms with E-state index in [9.17, 15) is 0 Å². The molecule has 2 heterocycles. The molecular weight excluding hydrogens is 204 g/mol. The second-order valence-electron chi connectivity index (χ2n) is 3.25. The first-order valence-electron chi connectivity index (χ1n) is 4.68. The highest BCUT2D eigenvalue weighted by Crippen LogP contribution is 2.23. The molecule has 0 amide bonds. The molecule has 0 aliphatic heterocycles. The van der Waals surface area contributed by atoms with Crippen LogP contribution in [0.4, 0.5) is 0 Å². The summed E-state index contributed by atoms with van der Waals surface area (Å²) in [6.45, 7) is 0. The highest BCUT2D eigenvalue weighted by atomic mass is 32.1. The first-order valence-corrected chi connectivity index (χ1v) is 5.56. The molecule has 0 spiro atoms. The van der Waals surface area contributed by atoms with Crippen molar-refractivity contribution in [2.75, 3.05) is 0 Å². The molecule has 15 heavy (non-hydrogen) atoms. The van der Waals surface area contributed by atoms with Gasteiger partial charge in [0, 0.05) is 23.2 Å². The van der Waals surface area contributed by atoms with E-state index in [0.717, 1.165) is 16.1 Å². The topological polar surface area (TPSA) is 25.8 Å². The molecule has 0 saturated heterocycles. The van der Waals surface area contributed by atoms with Crippen molar-refractivity contribution in [1.82, 2.24) is 9.97 Å². The summed E-state index contributed by atoms with van der Waals surface area (Å²) >= 11 is 1.61. The Labute approximate surface area is 91.2 Å². The van der Waals surface area contributed by atoms with Crippen LogP contribution in [0.3, 0.4) is 0 Å². The van der Waals surface area contributed by atoms with Crippen molar-refractivity contribution in [3.05, 3.63) is 48.1 Å². The second kappa shape index (κ2) is 3.44. The standard InChI is InChI=1S/C12H8N2S/c1-2-4-10-8-14-11(7-9(10)3-1)12-13-5-6-15-12/h1-8H. The number of fused-ring (bicyclic) bond motifs is 1. The third-order valence-electron chi connectivity index (χ3n) is 2.28. The summed E-state index contributed by atoms with van der Waals surface area (Å²) in [6, 6.07) is 10.3. The van der Waals surface area contributed by atoms with Crippen molar-refractivity contribution in [3.8, 4) is 10.7 Å². The first-order chi connectivity index (χ1) is 7.43. The third-order valence-corrected chi connectivity index (χ3v) is 3.08. The van der Waals surface area contributed by atoms with Gasteiger partial charge in [0.1, 0.15) is 5.01 Å². The van der Waals surface area contributed by atoms with Gasteiger partial charge in [-0.25, -0.2) is 4.98 Å². The molecule has 0 N–H and O–H groups in total. The quantitative estimate of drug-likeness (QED) is 0.618. The number of hydrogen-bond acceptors (Lipinski definition) is 3. The van der Waals surface area contributed by atoms with E-state index in [1.807, 2.05) is 23.7 Å². The number of pyridine rings is 1. The van der Waals surface area contributed by atoms with Gasteiger partial charge in [0.2, 0.25) is 0 Å². The monoisotopic (exact) mass is 212 g/mol. The average Bonchev–Trinajstić information content (AvgIpc) is 2.82. The lowest BCUT2D eigenvalue weighted by Gasteiger charge is -1.99. The van der Waals surface area contributed by atoms with Gasteiger partial charge in [-0.1, -0.05) is 24.3 Å². The molecule has 0 unspecified atom stereocenters. The Hall–Kier alpha value is -1.74. The largest absolute Gasteiger partial charge is 0.253 e. The molecule has 0 atom stereocenters. The SMILES string of the molecule is c1ccc2cc(-c3nccs3)ncc2c1. The van der Waals surface area contributed by atoms with Crippen molar-refractivity contribution in [2.24, 2.45) is 0 Å². The van der Waals surface area contributed by atoms with Crippen LogP contribution in [-0.2, 0) is 0 Å². The normalized spacial score (nSPS) is 10.7. The minimum Gasteiger partial charge on any atom is -0.253 e. The van der Waals surface area contributed by atoms with Crippen molar-refractivity contribution in [3.63, 3.8) is 0 Å². The third kappa shape index (κ3) is 1.51. The predicted molar refractivity (Wildman–Crippen MR) is 62.9 cm³/mol. The molecule has 0 saturated carbocycles. The minimum atomic E-state index is 0.948. The van der Waals surface area contributed by atoms with Gasteiger partial charge in [-0.2, -0.15) is 0 Å². The molecule has 0 radical (unpaired) electrons. The molecule has 0 aliphatic carbocycles. The fourth-order valence-electron chi connectivity index (χ4n) is 1.55. The second-order valence-corrected chi connectivity index (χ2v) is 4.15. The van der Waals surface area contributed by atoms with Crippen LogP contribution in [0.15, 0.2) is 48.1 Å². The Morgan fingerprint density at radius 3 is 2.67 bits per heavy atom. The molecule has 0 bridgehead atoms. The summed E-state index contributed by atoms with van der Waals surface area (Å²) in [5.74, 6) is 0. The average molecular weight is 212 g/mol. The van der Waals surface area contributed by atoms with Crippen LogP contribution in [0.1, 0.15) is 0 Å². The van der Waals surface area contributed by atoms with Crippen LogP contribution in [0, 0.1) is 0 Å². The summed E-state index contributed by atoms with van der Waals surface area (Å²) in [6.07, 6.45) is 3.70. The van der Waals surface area contributed by atoms with Crippen molar-refractivity contribution >= 4 is 22.1 Å². The van der Waals surface area contributed by atoms with E-state index in [0.29, 0.717) is 0 Å². The van der Waals surface area contributed by atoms with Crippen molar-refractivity contribution < 1.29 is 0 Å². The van der Waals surface area contributed by atoms with E-state index >= 15 is 0 Å². The van der Waals surface area contributed by atoms with Gasteiger partial charge in [-0.3, -0.25) is 4.98 Å². The highest BCUT2D eigenvalue weighted by molar-refractivity contribution is 7.13. The van der Waals surface area contributed by atoms with E-state index in [1.165, 1.54) is 5.39 Å². The first kappa shape index (κ1) is 8.56. The maximum absolute atomic E-state index is 4.40. The van der Waals surface area contributed by atoms with E-state index in [-0.39, 0.29) is 0 Å². The molecule has 3 rings (SSSR count). The van der Waals surface area contributed by atoms with Gasteiger partial charge in [0.15, 0.2) is 0 Å². The summed E-state index contributed by atoms with van der Waals surface area (Å²) in [5, 5.41) is 5.31. The van der Waals surface area contributed by atoms with Crippen LogP contribution >= 0.6 is 11.3 Å². The van der Waals surface area contributed by atoms with Crippen molar-refractivity contribution in [1.29, 1.82) is 0 Å². The lowest BCUT2D eigenvalue weighted by Crippen LogP contribution is -1.82. The van der Waals surface area contributed by atoms with E-state index < -0.39 is 0 Å². The van der Waals surface area contributed by atoms with Gasteiger partial charge in [0.05, 0.1) is 5.69 Å². The van der Waals surface area contributed by atoms with Gasteiger partial charge >= 0.3 is 0 Å². The van der Waals surface area contributed by atoms with Crippen molar-refractivity contribution in [2.45, 2.75) is 0 Å². The van der Waals surface area contributed by atoms with Crippen LogP contribution in [0.2, 0.25) is 0 Å². The van der Waals surface area contributed by atoms with Gasteiger partial charge in [-0.05, 0) is 11.5 Å². The Bertz CT molecular complexity index is 587. The van der Waals surface area contributed by atoms with Crippen LogP contribution in [0.25, 0.3) is 21.5 Å². The number of thiazole rings is 1. The van der Waals surface area contributed by atoms with Gasteiger partial charge < -0.3 is 0 Å². The lowest BCUT2D eigenvalue weighted by atomic mass is 10.1. The van der Waals surface area contributed by atoms with Crippen LogP contribution < -0.4 is 0 Å². The van der Waals surface area contributed by atoms with E-state index in [2.05, 4.69) is 28.2 Å². The fraction of sp³-hybridized carbons (Fsp3) is 0. The fourth-order valence-corrected chi connectivity index (χ4v) is 2.16. The summed E-state index contributed by atoms with van der Waals surface area (Å²) < 4.78 is 0. The Kier molecular flexibility index (Phi) is 1.96. The molecule has 0 aliphatic rings. The molecule has 1 aromatic carbocycles. The Morgan fingerprint density at radius 2 is 1.87 bits per heavy atom. The van der Waals surface area contributed by atoms with E-state index in [1.54, 1.807) is 17.5 Å². The highest BCUT2D eigenvalue weighted by Gasteiger charge is 2.02. The number of benzene rings is 1.